The third-order valence-corrected chi connectivity index (χ3v) is 7.29. The molecule has 2 aromatic rings. The Hall–Kier alpha value is -1.37. The quantitative estimate of drug-likeness (QED) is 0.827. The molecule has 4 aliphatic rings. The maximum Gasteiger partial charge on any atom is 0.415 e. The van der Waals surface area contributed by atoms with Crippen molar-refractivity contribution < 1.29 is 9.53 Å². The summed E-state index contributed by atoms with van der Waals surface area (Å²) in [4.78, 5) is 18.1. The average Bonchev–Trinajstić information content (AvgIpc) is 3.28. The second-order valence-corrected chi connectivity index (χ2v) is 8.56. The van der Waals surface area contributed by atoms with E-state index in [-0.39, 0.29) is 11.7 Å². The fourth-order valence-electron chi connectivity index (χ4n) is 4.22. The number of carbonyl (C=O) groups excluding carboxylic acids is 1. The van der Waals surface area contributed by atoms with Gasteiger partial charge in [0, 0.05) is 28.3 Å². The molecule has 120 valence electrons. The highest BCUT2D eigenvalue weighted by molar-refractivity contribution is 7.16. The van der Waals surface area contributed by atoms with Crippen LogP contribution in [0.15, 0.2) is 29.0 Å². The highest BCUT2D eigenvalue weighted by Crippen LogP contribution is 2.45. The van der Waals surface area contributed by atoms with Crippen LogP contribution in [0.3, 0.4) is 0 Å². The highest BCUT2D eigenvalue weighted by atomic mass is 32.1. The molecule has 1 amide bonds. The van der Waals surface area contributed by atoms with Crippen LogP contribution in [-0.4, -0.2) is 42.8 Å². The summed E-state index contributed by atoms with van der Waals surface area (Å²) in [6.07, 6.45) is 2.15. The second-order valence-electron chi connectivity index (χ2n) is 6.72. The zero-order valence-electron chi connectivity index (χ0n) is 12.7. The Morgan fingerprint density at radius 1 is 1.22 bits per heavy atom. The zero-order valence-corrected chi connectivity index (χ0v) is 14.4. The van der Waals surface area contributed by atoms with Crippen LogP contribution in [-0.2, 0) is 4.74 Å². The van der Waals surface area contributed by atoms with Gasteiger partial charge in [0.05, 0.1) is 6.54 Å². The molecule has 4 nitrogen and oxygen atoms in total. The Morgan fingerprint density at radius 2 is 2.09 bits per heavy atom. The normalized spacial score (nSPS) is 32.7. The van der Waals surface area contributed by atoms with Crippen molar-refractivity contribution in [3.05, 3.63) is 29.0 Å². The third kappa shape index (κ3) is 2.16. The fraction of sp³-hybridized carbons (Fsp3) is 0.471. The molecule has 6 heteroatoms. The Labute approximate surface area is 143 Å². The first-order valence-electron chi connectivity index (χ1n) is 8.09. The molecular weight excluding hydrogens is 328 g/mol. The first kappa shape index (κ1) is 14.0. The zero-order chi connectivity index (χ0) is 15.4. The van der Waals surface area contributed by atoms with Crippen molar-refractivity contribution in [2.75, 3.05) is 31.1 Å². The van der Waals surface area contributed by atoms with E-state index in [1.165, 1.54) is 10.4 Å². The van der Waals surface area contributed by atoms with Crippen molar-refractivity contribution >= 4 is 33.8 Å². The van der Waals surface area contributed by atoms with Crippen molar-refractivity contribution in [2.45, 2.75) is 18.4 Å². The lowest BCUT2D eigenvalue weighted by Crippen LogP contribution is -2.61. The number of hydrogen-bond acceptors (Lipinski definition) is 5. The highest BCUT2D eigenvalue weighted by Gasteiger charge is 2.55. The Kier molecular flexibility index (Phi) is 3.08. The van der Waals surface area contributed by atoms with Crippen LogP contribution < -0.4 is 4.90 Å². The summed E-state index contributed by atoms with van der Waals surface area (Å²) in [7, 11) is 0. The molecule has 0 N–H and O–H groups in total. The molecule has 6 rings (SSSR count). The molecule has 0 saturated carbocycles. The van der Waals surface area contributed by atoms with Gasteiger partial charge in [-0.25, -0.2) is 4.79 Å². The Morgan fingerprint density at radius 3 is 2.78 bits per heavy atom. The van der Waals surface area contributed by atoms with E-state index >= 15 is 0 Å². The molecule has 1 unspecified atom stereocenters. The summed E-state index contributed by atoms with van der Waals surface area (Å²) in [5.41, 5.74) is 0.920. The van der Waals surface area contributed by atoms with Crippen LogP contribution in [0.4, 0.5) is 9.80 Å². The molecule has 1 spiro atoms. The van der Waals surface area contributed by atoms with E-state index in [4.69, 9.17) is 4.74 Å². The van der Waals surface area contributed by atoms with Crippen LogP contribution in [0.2, 0.25) is 0 Å². The van der Waals surface area contributed by atoms with E-state index in [9.17, 15) is 4.79 Å². The molecule has 4 aliphatic heterocycles. The van der Waals surface area contributed by atoms with Gasteiger partial charge in [0.25, 0.3) is 0 Å². The SMILES string of the molecule is O=C1OC2(CN3CCC2CC3)CN1c1cc(-c2cccs2)cs1. The lowest BCUT2D eigenvalue weighted by atomic mass is 9.75. The van der Waals surface area contributed by atoms with E-state index in [1.54, 1.807) is 22.7 Å². The number of amides is 1. The summed E-state index contributed by atoms with van der Waals surface area (Å²) in [5, 5.41) is 5.22. The molecule has 4 fully saturated rings. The van der Waals surface area contributed by atoms with E-state index in [2.05, 4.69) is 33.9 Å². The van der Waals surface area contributed by atoms with Crippen molar-refractivity contribution in [1.29, 1.82) is 0 Å². The number of rotatable bonds is 2. The molecule has 2 aromatic heterocycles. The van der Waals surface area contributed by atoms with Crippen LogP contribution in [0, 0.1) is 5.92 Å². The number of nitrogens with zero attached hydrogens (tertiary/aromatic N) is 2. The topological polar surface area (TPSA) is 32.8 Å². The van der Waals surface area contributed by atoms with Gasteiger partial charge >= 0.3 is 6.09 Å². The summed E-state index contributed by atoms with van der Waals surface area (Å²) >= 11 is 3.36. The van der Waals surface area contributed by atoms with Crippen molar-refractivity contribution in [3.8, 4) is 10.4 Å². The largest absolute Gasteiger partial charge is 0.439 e. The summed E-state index contributed by atoms with van der Waals surface area (Å²) < 4.78 is 5.95. The Balaban J connectivity index is 1.43. The smallest absolute Gasteiger partial charge is 0.415 e. The van der Waals surface area contributed by atoms with Crippen LogP contribution in [0.25, 0.3) is 10.4 Å². The van der Waals surface area contributed by atoms with Crippen molar-refractivity contribution in [1.82, 2.24) is 4.90 Å². The minimum absolute atomic E-state index is 0.168. The van der Waals surface area contributed by atoms with Gasteiger partial charge in [-0.3, -0.25) is 9.80 Å². The number of thiophene rings is 2. The maximum atomic E-state index is 12.5. The molecule has 4 saturated heterocycles. The van der Waals surface area contributed by atoms with Gasteiger partial charge in [-0.15, -0.1) is 22.7 Å². The van der Waals surface area contributed by atoms with E-state index in [0.717, 1.165) is 37.5 Å². The lowest BCUT2D eigenvalue weighted by Gasteiger charge is -2.49. The molecule has 6 heterocycles. The minimum Gasteiger partial charge on any atom is -0.439 e. The van der Waals surface area contributed by atoms with E-state index < -0.39 is 0 Å². The van der Waals surface area contributed by atoms with Gasteiger partial charge in [-0.05, 0) is 43.4 Å². The van der Waals surface area contributed by atoms with Crippen molar-refractivity contribution in [3.63, 3.8) is 0 Å². The average molecular weight is 346 g/mol. The molecular formula is C17H18N2O2S2. The predicted molar refractivity (Wildman–Crippen MR) is 93.4 cm³/mol. The number of carbonyl (C=O) groups is 1. The fourth-order valence-corrected chi connectivity index (χ4v) is 5.91. The van der Waals surface area contributed by atoms with Crippen LogP contribution >= 0.6 is 22.7 Å². The van der Waals surface area contributed by atoms with Gasteiger partial charge in [-0.1, -0.05) is 6.07 Å². The molecule has 0 aromatic carbocycles. The molecule has 1 atom stereocenters. The molecule has 23 heavy (non-hydrogen) atoms. The number of anilines is 1. The lowest BCUT2D eigenvalue weighted by molar-refractivity contribution is -0.0881. The van der Waals surface area contributed by atoms with Gasteiger partial charge in [-0.2, -0.15) is 0 Å². The molecule has 0 radical (unpaired) electrons. The van der Waals surface area contributed by atoms with E-state index in [1.807, 2.05) is 4.90 Å². The van der Waals surface area contributed by atoms with Gasteiger partial charge in [0.1, 0.15) is 10.6 Å². The number of piperidine rings is 3. The van der Waals surface area contributed by atoms with Crippen LogP contribution in [0.5, 0.6) is 0 Å². The van der Waals surface area contributed by atoms with Crippen LogP contribution in [0.1, 0.15) is 12.8 Å². The van der Waals surface area contributed by atoms with Gasteiger partial charge < -0.3 is 4.74 Å². The second kappa shape index (κ2) is 5.06. The Bertz CT molecular complexity index is 734. The summed E-state index contributed by atoms with van der Waals surface area (Å²) in [5.74, 6) is 0.526. The monoisotopic (exact) mass is 346 g/mol. The molecule has 0 aliphatic carbocycles. The number of ether oxygens (including phenoxy) is 1. The maximum absolute atomic E-state index is 12.5. The minimum atomic E-state index is -0.277. The number of fused-ring (bicyclic) bond motifs is 2. The first-order chi connectivity index (χ1) is 11.2. The predicted octanol–water partition coefficient (Wildman–Crippen LogP) is 3.90. The van der Waals surface area contributed by atoms with Gasteiger partial charge in [0.15, 0.2) is 0 Å². The van der Waals surface area contributed by atoms with Crippen molar-refractivity contribution in [2.24, 2.45) is 5.92 Å². The molecule has 2 bridgehead atoms. The summed E-state index contributed by atoms with van der Waals surface area (Å²) in [6, 6.07) is 6.30. The first-order valence-corrected chi connectivity index (χ1v) is 9.85. The standard InChI is InChI=1S/C17H18N2O2S2/c20-16-19(15-8-12(9-23-15)14-2-1-7-22-14)11-17(21-16)10-18-5-3-13(17)4-6-18/h1-2,7-9,13H,3-6,10-11H2. The third-order valence-electron chi connectivity index (χ3n) is 5.42. The van der Waals surface area contributed by atoms with E-state index in [0.29, 0.717) is 12.5 Å². The number of hydrogen-bond donors (Lipinski definition) is 0. The van der Waals surface area contributed by atoms with Gasteiger partial charge in [0.2, 0.25) is 0 Å². The summed E-state index contributed by atoms with van der Waals surface area (Å²) in [6.45, 7) is 3.93.